The summed E-state index contributed by atoms with van der Waals surface area (Å²) in [4.78, 5) is 10.7. The second-order valence-electron chi connectivity index (χ2n) is 3.40. The maximum Gasteiger partial charge on any atom is 0.234 e. The van der Waals surface area contributed by atoms with Crippen LogP contribution < -0.4 is 11.1 Å². The average molecular weight is 172 g/mol. The molecule has 70 valence electrons. The van der Waals surface area contributed by atoms with E-state index in [0.717, 1.165) is 19.3 Å². The molecular formula is C8H16N2O2. The molecule has 0 aromatic rings. The van der Waals surface area contributed by atoms with E-state index in [2.05, 4.69) is 5.32 Å². The molecule has 1 saturated carbocycles. The zero-order valence-corrected chi connectivity index (χ0v) is 7.29. The summed E-state index contributed by atoms with van der Waals surface area (Å²) < 4.78 is 0. The van der Waals surface area contributed by atoms with Crippen molar-refractivity contribution >= 4 is 5.91 Å². The molecule has 0 heterocycles. The first kappa shape index (κ1) is 9.48. The van der Waals surface area contributed by atoms with Crippen LogP contribution in [0.1, 0.15) is 26.2 Å². The summed E-state index contributed by atoms with van der Waals surface area (Å²) in [7, 11) is 0. The van der Waals surface area contributed by atoms with Crippen LogP contribution in [0.25, 0.3) is 0 Å². The van der Waals surface area contributed by atoms with Crippen LogP contribution in [0.2, 0.25) is 0 Å². The van der Waals surface area contributed by atoms with Gasteiger partial charge in [0.15, 0.2) is 0 Å². The SMILES string of the molecule is CC(NC1CCCC1O)C(N)=O. The standard InChI is InChI=1S/C8H16N2O2/c1-5(8(9)12)10-6-3-2-4-7(6)11/h5-7,10-11H,2-4H2,1H3,(H2,9,12). The quantitative estimate of drug-likeness (QED) is 0.530. The number of carbonyl (C=O) groups is 1. The topological polar surface area (TPSA) is 75.3 Å². The fraction of sp³-hybridized carbons (Fsp3) is 0.875. The zero-order chi connectivity index (χ0) is 9.14. The van der Waals surface area contributed by atoms with Gasteiger partial charge in [0.2, 0.25) is 5.91 Å². The molecule has 12 heavy (non-hydrogen) atoms. The Labute approximate surface area is 72.1 Å². The summed E-state index contributed by atoms with van der Waals surface area (Å²) in [5, 5.41) is 12.4. The summed E-state index contributed by atoms with van der Waals surface area (Å²) in [5.74, 6) is -0.367. The van der Waals surface area contributed by atoms with Crippen molar-refractivity contribution in [1.29, 1.82) is 0 Å². The number of carbonyl (C=O) groups excluding carboxylic acids is 1. The third-order valence-corrected chi connectivity index (χ3v) is 2.37. The maximum atomic E-state index is 10.7. The summed E-state index contributed by atoms with van der Waals surface area (Å²) in [6.07, 6.45) is 2.46. The highest BCUT2D eigenvalue weighted by Gasteiger charge is 2.27. The van der Waals surface area contributed by atoms with Gasteiger partial charge in [0, 0.05) is 6.04 Å². The van der Waals surface area contributed by atoms with E-state index in [0.29, 0.717) is 0 Å². The fourth-order valence-electron chi connectivity index (χ4n) is 1.54. The largest absolute Gasteiger partial charge is 0.392 e. The van der Waals surface area contributed by atoms with Gasteiger partial charge in [0.25, 0.3) is 0 Å². The third-order valence-electron chi connectivity index (χ3n) is 2.37. The van der Waals surface area contributed by atoms with Gasteiger partial charge in [-0.15, -0.1) is 0 Å². The molecule has 4 heteroatoms. The van der Waals surface area contributed by atoms with Crippen LogP contribution in [0.15, 0.2) is 0 Å². The first-order valence-corrected chi connectivity index (χ1v) is 4.34. The van der Waals surface area contributed by atoms with Crippen LogP contribution in [-0.4, -0.2) is 29.2 Å². The molecule has 1 aliphatic rings. The molecule has 4 nitrogen and oxygen atoms in total. The number of hydrogen-bond donors (Lipinski definition) is 3. The van der Waals surface area contributed by atoms with Crippen molar-refractivity contribution in [2.75, 3.05) is 0 Å². The van der Waals surface area contributed by atoms with Gasteiger partial charge >= 0.3 is 0 Å². The molecule has 0 aromatic heterocycles. The van der Waals surface area contributed by atoms with Crippen LogP contribution in [0.3, 0.4) is 0 Å². The summed E-state index contributed by atoms with van der Waals surface area (Å²) >= 11 is 0. The molecular weight excluding hydrogens is 156 g/mol. The van der Waals surface area contributed by atoms with Crippen LogP contribution >= 0.6 is 0 Å². The van der Waals surface area contributed by atoms with Crippen LogP contribution in [-0.2, 0) is 4.79 Å². The average Bonchev–Trinajstić information content (AvgIpc) is 2.36. The van der Waals surface area contributed by atoms with E-state index in [9.17, 15) is 9.90 Å². The molecule has 0 radical (unpaired) electrons. The Morgan fingerprint density at radius 2 is 2.33 bits per heavy atom. The lowest BCUT2D eigenvalue weighted by molar-refractivity contribution is -0.119. The molecule has 0 aromatic carbocycles. The van der Waals surface area contributed by atoms with Crippen molar-refractivity contribution in [3.8, 4) is 0 Å². The lowest BCUT2D eigenvalue weighted by Gasteiger charge is -2.19. The van der Waals surface area contributed by atoms with E-state index < -0.39 is 0 Å². The number of primary amides is 1. The Balaban J connectivity index is 2.35. The van der Waals surface area contributed by atoms with Crippen molar-refractivity contribution < 1.29 is 9.90 Å². The van der Waals surface area contributed by atoms with Gasteiger partial charge in [0.1, 0.15) is 0 Å². The molecule has 1 rings (SSSR count). The van der Waals surface area contributed by atoms with Crippen LogP contribution in [0, 0.1) is 0 Å². The fourth-order valence-corrected chi connectivity index (χ4v) is 1.54. The van der Waals surface area contributed by atoms with E-state index in [4.69, 9.17) is 5.73 Å². The Hall–Kier alpha value is -0.610. The Kier molecular flexibility index (Phi) is 3.05. The predicted octanol–water partition coefficient (Wildman–Crippen LogP) is -0.637. The summed E-state index contributed by atoms with van der Waals surface area (Å²) in [5.41, 5.74) is 5.08. The monoisotopic (exact) mass is 172 g/mol. The first-order chi connectivity index (χ1) is 5.61. The maximum absolute atomic E-state index is 10.7. The van der Waals surface area contributed by atoms with Gasteiger partial charge in [0.05, 0.1) is 12.1 Å². The highest BCUT2D eigenvalue weighted by Crippen LogP contribution is 2.18. The predicted molar refractivity (Wildman–Crippen MR) is 45.4 cm³/mol. The minimum Gasteiger partial charge on any atom is -0.392 e. The van der Waals surface area contributed by atoms with Gasteiger partial charge in [-0.1, -0.05) is 0 Å². The second-order valence-corrected chi connectivity index (χ2v) is 3.40. The minimum absolute atomic E-state index is 0.0486. The van der Waals surface area contributed by atoms with Crippen molar-refractivity contribution in [2.45, 2.75) is 44.4 Å². The molecule has 3 atom stereocenters. The van der Waals surface area contributed by atoms with E-state index >= 15 is 0 Å². The molecule has 0 aliphatic heterocycles. The summed E-state index contributed by atoms with van der Waals surface area (Å²) in [6, 6.07) is -0.296. The molecule has 4 N–H and O–H groups in total. The molecule has 1 amide bonds. The molecule has 3 unspecified atom stereocenters. The Morgan fingerprint density at radius 1 is 1.67 bits per heavy atom. The van der Waals surface area contributed by atoms with E-state index in [1.807, 2.05) is 0 Å². The van der Waals surface area contributed by atoms with Crippen molar-refractivity contribution in [3.05, 3.63) is 0 Å². The van der Waals surface area contributed by atoms with Crippen molar-refractivity contribution in [2.24, 2.45) is 5.73 Å². The number of nitrogens with one attached hydrogen (secondary N) is 1. The lowest BCUT2D eigenvalue weighted by Crippen LogP contribution is -2.47. The van der Waals surface area contributed by atoms with Crippen molar-refractivity contribution in [1.82, 2.24) is 5.32 Å². The van der Waals surface area contributed by atoms with Crippen LogP contribution in [0.5, 0.6) is 0 Å². The minimum atomic E-state index is -0.367. The van der Waals surface area contributed by atoms with E-state index in [1.54, 1.807) is 6.92 Å². The van der Waals surface area contributed by atoms with Gasteiger partial charge in [-0.05, 0) is 26.2 Å². The smallest absolute Gasteiger partial charge is 0.234 e. The Bertz CT molecular complexity index is 172. The van der Waals surface area contributed by atoms with E-state index in [-0.39, 0.29) is 24.1 Å². The number of hydrogen-bond acceptors (Lipinski definition) is 3. The highest BCUT2D eigenvalue weighted by atomic mass is 16.3. The number of aliphatic hydroxyl groups excluding tert-OH is 1. The number of rotatable bonds is 3. The zero-order valence-electron chi connectivity index (χ0n) is 7.29. The number of aliphatic hydroxyl groups is 1. The molecule has 0 bridgehead atoms. The highest BCUT2D eigenvalue weighted by molar-refractivity contribution is 5.79. The molecule has 0 spiro atoms. The number of nitrogens with two attached hydrogens (primary N) is 1. The number of amides is 1. The van der Waals surface area contributed by atoms with Crippen molar-refractivity contribution in [3.63, 3.8) is 0 Å². The summed E-state index contributed by atoms with van der Waals surface area (Å²) in [6.45, 7) is 1.72. The Morgan fingerprint density at radius 3 is 2.75 bits per heavy atom. The third kappa shape index (κ3) is 2.19. The molecule has 1 aliphatic carbocycles. The van der Waals surface area contributed by atoms with E-state index in [1.165, 1.54) is 0 Å². The first-order valence-electron chi connectivity index (χ1n) is 4.34. The van der Waals surface area contributed by atoms with Gasteiger partial charge in [-0.2, -0.15) is 0 Å². The lowest BCUT2D eigenvalue weighted by atomic mass is 10.2. The second kappa shape index (κ2) is 3.87. The van der Waals surface area contributed by atoms with Gasteiger partial charge in [-0.25, -0.2) is 0 Å². The van der Waals surface area contributed by atoms with Gasteiger partial charge < -0.3 is 16.2 Å². The molecule has 1 fully saturated rings. The van der Waals surface area contributed by atoms with Gasteiger partial charge in [-0.3, -0.25) is 4.79 Å². The van der Waals surface area contributed by atoms with Crippen LogP contribution in [0.4, 0.5) is 0 Å². The normalized spacial score (nSPS) is 31.8. The molecule has 0 saturated heterocycles.